The molecule has 19 heavy (non-hydrogen) atoms. The Labute approximate surface area is 117 Å². The second-order valence-electron chi connectivity index (χ2n) is 7.48. The first-order chi connectivity index (χ1) is 8.57. The lowest BCUT2D eigenvalue weighted by molar-refractivity contribution is 0.101. The monoisotopic (exact) mass is 258 g/mol. The minimum atomic E-state index is 0.142. The van der Waals surface area contributed by atoms with E-state index in [2.05, 4.69) is 53.7 Å². The lowest BCUT2D eigenvalue weighted by Crippen LogP contribution is -2.40. The standard InChI is InChI=1S/C18H26O/c1-11-8-15-16(9-14(11)13(3)19)18(6,7)12(2)10-17(15,4)5/h8-9,12H,10H2,1-7H3/t12-/m0/s1. The number of carbonyl (C=O) groups excluding carboxylic acids is 1. The third kappa shape index (κ3) is 2.13. The number of benzene rings is 1. The van der Waals surface area contributed by atoms with Crippen LogP contribution in [0.15, 0.2) is 12.1 Å². The van der Waals surface area contributed by atoms with Crippen molar-refractivity contribution in [2.75, 3.05) is 0 Å². The summed E-state index contributed by atoms with van der Waals surface area (Å²) in [5.41, 5.74) is 5.14. The quantitative estimate of drug-likeness (QED) is 0.662. The fraction of sp³-hybridized carbons (Fsp3) is 0.611. The highest BCUT2D eigenvalue weighted by Crippen LogP contribution is 2.49. The van der Waals surface area contributed by atoms with Gasteiger partial charge in [0, 0.05) is 5.56 Å². The molecule has 2 rings (SSSR count). The van der Waals surface area contributed by atoms with Crippen LogP contribution in [0, 0.1) is 12.8 Å². The summed E-state index contributed by atoms with van der Waals surface area (Å²) in [6.07, 6.45) is 1.20. The molecule has 1 heteroatoms. The lowest BCUT2D eigenvalue weighted by Gasteiger charge is -2.47. The van der Waals surface area contributed by atoms with Crippen molar-refractivity contribution in [3.8, 4) is 0 Å². The van der Waals surface area contributed by atoms with Gasteiger partial charge in [-0.2, -0.15) is 0 Å². The molecule has 0 saturated carbocycles. The molecule has 1 aliphatic carbocycles. The van der Waals surface area contributed by atoms with E-state index in [-0.39, 0.29) is 16.6 Å². The zero-order valence-electron chi connectivity index (χ0n) is 13.3. The van der Waals surface area contributed by atoms with E-state index in [1.165, 1.54) is 17.5 Å². The van der Waals surface area contributed by atoms with Crippen molar-refractivity contribution < 1.29 is 4.79 Å². The Morgan fingerprint density at radius 2 is 1.74 bits per heavy atom. The van der Waals surface area contributed by atoms with Crippen molar-refractivity contribution in [1.29, 1.82) is 0 Å². The highest BCUT2D eigenvalue weighted by Gasteiger charge is 2.42. The second kappa shape index (κ2) is 4.19. The molecule has 0 heterocycles. The first-order valence-corrected chi connectivity index (χ1v) is 7.24. The van der Waals surface area contributed by atoms with Crippen LogP contribution in [-0.2, 0) is 10.8 Å². The summed E-state index contributed by atoms with van der Waals surface area (Å²) in [4.78, 5) is 11.8. The number of fused-ring (bicyclic) bond motifs is 1. The van der Waals surface area contributed by atoms with Crippen molar-refractivity contribution in [3.05, 3.63) is 34.4 Å². The first kappa shape index (κ1) is 14.3. The summed E-state index contributed by atoms with van der Waals surface area (Å²) >= 11 is 0. The molecule has 0 aliphatic heterocycles. The number of rotatable bonds is 1. The smallest absolute Gasteiger partial charge is 0.160 e. The van der Waals surface area contributed by atoms with Gasteiger partial charge in [-0.15, -0.1) is 0 Å². The molecule has 1 nitrogen and oxygen atoms in total. The minimum Gasteiger partial charge on any atom is -0.295 e. The van der Waals surface area contributed by atoms with Crippen molar-refractivity contribution in [3.63, 3.8) is 0 Å². The Hall–Kier alpha value is -1.11. The molecular weight excluding hydrogens is 232 g/mol. The van der Waals surface area contributed by atoms with E-state index in [1.807, 2.05) is 0 Å². The van der Waals surface area contributed by atoms with E-state index >= 15 is 0 Å². The number of hydrogen-bond donors (Lipinski definition) is 0. The Morgan fingerprint density at radius 3 is 2.26 bits per heavy atom. The van der Waals surface area contributed by atoms with Crippen molar-refractivity contribution in [2.24, 2.45) is 5.92 Å². The van der Waals surface area contributed by atoms with Crippen molar-refractivity contribution in [2.45, 2.75) is 65.7 Å². The molecule has 0 amide bonds. The molecule has 0 spiro atoms. The van der Waals surface area contributed by atoms with Crippen LogP contribution >= 0.6 is 0 Å². The van der Waals surface area contributed by atoms with Crippen molar-refractivity contribution >= 4 is 5.78 Å². The van der Waals surface area contributed by atoms with Gasteiger partial charge in [-0.05, 0) is 59.8 Å². The van der Waals surface area contributed by atoms with Crippen LogP contribution in [0.5, 0.6) is 0 Å². The van der Waals surface area contributed by atoms with E-state index in [0.717, 1.165) is 11.1 Å². The highest BCUT2D eigenvalue weighted by molar-refractivity contribution is 5.96. The summed E-state index contributed by atoms with van der Waals surface area (Å²) in [6.45, 7) is 15.3. The molecule has 0 unspecified atom stereocenters. The van der Waals surface area contributed by atoms with Gasteiger partial charge in [-0.25, -0.2) is 0 Å². The Bertz CT molecular complexity index is 535. The molecule has 0 fully saturated rings. The Kier molecular flexibility index (Phi) is 3.16. The van der Waals surface area contributed by atoms with Crippen LogP contribution in [0.4, 0.5) is 0 Å². The number of carbonyl (C=O) groups is 1. The minimum absolute atomic E-state index is 0.142. The van der Waals surface area contributed by atoms with Crippen LogP contribution in [0.1, 0.15) is 75.0 Å². The van der Waals surface area contributed by atoms with Crippen LogP contribution in [0.3, 0.4) is 0 Å². The molecule has 0 bridgehead atoms. The third-order valence-electron chi connectivity index (χ3n) is 5.22. The fourth-order valence-electron chi connectivity index (χ4n) is 3.58. The largest absolute Gasteiger partial charge is 0.295 e. The Morgan fingerprint density at radius 1 is 1.16 bits per heavy atom. The van der Waals surface area contributed by atoms with Crippen LogP contribution < -0.4 is 0 Å². The SMILES string of the molecule is CC(=O)c1cc2c(cc1C)C(C)(C)C[C@H](C)C2(C)C. The van der Waals surface area contributed by atoms with Gasteiger partial charge in [0.2, 0.25) is 0 Å². The van der Waals surface area contributed by atoms with Crippen molar-refractivity contribution in [1.82, 2.24) is 0 Å². The highest BCUT2D eigenvalue weighted by atomic mass is 16.1. The maximum absolute atomic E-state index is 11.8. The molecule has 1 aromatic rings. The molecule has 1 aliphatic rings. The van der Waals surface area contributed by atoms with Gasteiger partial charge in [0.1, 0.15) is 0 Å². The van der Waals surface area contributed by atoms with Gasteiger partial charge in [-0.3, -0.25) is 4.79 Å². The number of ketones is 1. The molecular formula is C18H26O. The van der Waals surface area contributed by atoms with Gasteiger partial charge in [0.05, 0.1) is 0 Å². The summed E-state index contributed by atoms with van der Waals surface area (Å²) in [5, 5.41) is 0. The number of aryl methyl sites for hydroxylation is 1. The topological polar surface area (TPSA) is 17.1 Å². The second-order valence-corrected chi connectivity index (χ2v) is 7.48. The molecule has 1 atom stereocenters. The molecule has 0 aromatic heterocycles. The average Bonchev–Trinajstić information content (AvgIpc) is 2.25. The average molecular weight is 258 g/mol. The van der Waals surface area contributed by atoms with Gasteiger partial charge >= 0.3 is 0 Å². The summed E-state index contributed by atoms with van der Waals surface area (Å²) in [7, 11) is 0. The van der Waals surface area contributed by atoms with Crippen LogP contribution in [0.25, 0.3) is 0 Å². The first-order valence-electron chi connectivity index (χ1n) is 7.24. The zero-order valence-corrected chi connectivity index (χ0v) is 13.3. The zero-order chi connectivity index (χ0) is 14.6. The summed E-state index contributed by atoms with van der Waals surface area (Å²) < 4.78 is 0. The summed E-state index contributed by atoms with van der Waals surface area (Å²) in [6, 6.07) is 4.41. The maximum atomic E-state index is 11.8. The molecule has 0 N–H and O–H groups in total. The van der Waals surface area contributed by atoms with Gasteiger partial charge in [0.15, 0.2) is 5.78 Å². The van der Waals surface area contributed by atoms with Crippen LogP contribution in [-0.4, -0.2) is 5.78 Å². The Balaban J connectivity index is 2.76. The molecule has 1 aromatic carbocycles. The van der Waals surface area contributed by atoms with Gasteiger partial charge in [-0.1, -0.05) is 40.7 Å². The third-order valence-corrected chi connectivity index (χ3v) is 5.22. The van der Waals surface area contributed by atoms with E-state index in [1.54, 1.807) is 6.92 Å². The van der Waals surface area contributed by atoms with E-state index < -0.39 is 0 Å². The van der Waals surface area contributed by atoms with Gasteiger partial charge < -0.3 is 0 Å². The lowest BCUT2D eigenvalue weighted by atomic mass is 9.58. The van der Waals surface area contributed by atoms with Crippen LogP contribution in [0.2, 0.25) is 0 Å². The number of Topliss-reactive ketones (excluding diaryl/α,β-unsaturated/α-hetero) is 1. The molecule has 0 radical (unpaired) electrons. The maximum Gasteiger partial charge on any atom is 0.160 e. The van der Waals surface area contributed by atoms with E-state index in [4.69, 9.17) is 0 Å². The number of hydrogen-bond acceptors (Lipinski definition) is 1. The molecule has 0 saturated heterocycles. The predicted octanol–water partition coefficient (Wildman–Crippen LogP) is 4.79. The predicted molar refractivity (Wildman–Crippen MR) is 81.0 cm³/mol. The summed E-state index contributed by atoms with van der Waals surface area (Å²) in [5.74, 6) is 0.796. The van der Waals surface area contributed by atoms with Gasteiger partial charge in [0.25, 0.3) is 0 Å². The fourth-order valence-corrected chi connectivity index (χ4v) is 3.58. The molecule has 104 valence electrons. The van der Waals surface area contributed by atoms with E-state index in [0.29, 0.717) is 5.92 Å². The normalized spacial score (nSPS) is 23.8. The van der Waals surface area contributed by atoms with E-state index in [9.17, 15) is 4.79 Å².